The van der Waals surface area contributed by atoms with Crippen LogP contribution in [0.5, 0.6) is 0 Å². The Morgan fingerprint density at radius 1 is 1.64 bits per heavy atom. The van der Waals surface area contributed by atoms with E-state index in [-0.39, 0.29) is 0 Å². The lowest BCUT2D eigenvalue weighted by atomic mass is 10.2. The van der Waals surface area contributed by atoms with Crippen LogP contribution in [0, 0.1) is 0 Å². The maximum absolute atomic E-state index is 11.3. The van der Waals surface area contributed by atoms with Gasteiger partial charge in [0.05, 0.1) is 0 Å². The Balaban J connectivity index is 4.02. The average molecular weight is 225 g/mol. The molecular formula is C7H16NO5P. The van der Waals surface area contributed by atoms with E-state index in [2.05, 4.69) is 4.52 Å². The minimum atomic E-state index is -3.97. The molecule has 0 spiro atoms. The zero-order valence-electron chi connectivity index (χ0n) is 8.05. The van der Waals surface area contributed by atoms with Crippen molar-refractivity contribution in [3.63, 3.8) is 0 Å². The summed E-state index contributed by atoms with van der Waals surface area (Å²) in [7, 11) is -3.97. The van der Waals surface area contributed by atoms with E-state index in [0.29, 0.717) is 12.8 Å². The lowest BCUT2D eigenvalue weighted by Crippen LogP contribution is -2.22. The van der Waals surface area contributed by atoms with Gasteiger partial charge in [-0.3, -0.25) is 9.09 Å². The Kier molecular flexibility index (Phi) is 5.95. The van der Waals surface area contributed by atoms with E-state index in [1.807, 2.05) is 6.92 Å². The normalized spacial score (nSPS) is 17.4. The molecule has 6 nitrogen and oxygen atoms in total. The van der Waals surface area contributed by atoms with Crippen molar-refractivity contribution in [2.24, 2.45) is 5.73 Å². The molecule has 84 valence electrons. The highest BCUT2D eigenvalue weighted by atomic mass is 31.2. The van der Waals surface area contributed by atoms with Gasteiger partial charge in [0.25, 0.3) is 0 Å². The highest BCUT2D eigenvalue weighted by Crippen LogP contribution is 2.46. The third-order valence-electron chi connectivity index (χ3n) is 1.65. The van der Waals surface area contributed by atoms with Crippen molar-refractivity contribution in [3.05, 3.63) is 0 Å². The Labute approximate surface area is 82.6 Å². The van der Waals surface area contributed by atoms with Crippen LogP contribution in [0.2, 0.25) is 0 Å². The van der Waals surface area contributed by atoms with Gasteiger partial charge in [0.2, 0.25) is 0 Å². The fourth-order valence-electron chi connectivity index (χ4n) is 0.820. The summed E-state index contributed by atoms with van der Waals surface area (Å²) >= 11 is 0. The molecule has 0 amide bonds. The first-order chi connectivity index (χ1) is 6.40. The van der Waals surface area contributed by atoms with Gasteiger partial charge < -0.3 is 15.7 Å². The van der Waals surface area contributed by atoms with E-state index < -0.39 is 26.0 Å². The fourth-order valence-corrected chi connectivity index (χ4v) is 1.82. The number of unbranched alkanes of at least 4 members (excludes halogenated alkanes) is 1. The zero-order chi connectivity index (χ0) is 11.2. The highest BCUT2D eigenvalue weighted by Gasteiger charge is 2.29. The Morgan fingerprint density at radius 3 is 2.64 bits per heavy atom. The van der Waals surface area contributed by atoms with Crippen LogP contribution in [0.1, 0.15) is 26.2 Å². The molecule has 14 heavy (non-hydrogen) atoms. The Bertz CT molecular complexity index is 232. The van der Waals surface area contributed by atoms with Crippen molar-refractivity contribution in [1.82, 2.24) is 0 Å². The van der Waals surface area contributed by atoms with Crippen LogP contribution in [0.15, 0.2) is 0 Å². The molecule has 0 heterocycles. The third kappa shape index (κ3) is 5.34. The van der Waals surface area contributed by atoms with Gasteiger partial charge in [-0.05, 0) is 6.42 Å². The Hall–Kier alpha value is -0.420. The summed E-state index contributed by atoms with van der Waals surface area (Å²) in [5.74, 6) is -2.29. The number of aliphatic carboxylic acids is 1. The quantitative estimate of drug-likeness (QED) is 0.551. The van der Waals surface area contributed by atoms with Crippen LogP contribution >= 0.6 is 7.60 Å². The minimum Gasteiger partial charge on any atom is -0.480 e. The smallest absolute Gasteiger partial charge is 0.345 e. The topological polar surface area (TPSA) is 110 Å². The second-order valence-electron chi connectivity index (χ2n) is 2.94. The fraction of sp³-hybridized carbons (Fsp3) is 0.857. The van der Waals surface area contributed by atoms with Crippen LogP contribution < -0.4 is 5.73 Å². The van der Waals surface area contributed by atoms with E-state index in [1.165, 1.54) is 0 Å². The molecule has 0 aliphatic heterocycles. The molecule has 0 rings (SSSR count). The second-order valence-corrected chi connectivity index (χ2v) is 4.99. The average Bonchev–Trinajstić information content (AvgIpc) is 2.11. The van der Waals surface area contributed by atoms with Gasteiger partial charge in [0.15, 0.2) is 6.61 Å². The van der Waals surface area contributed by atoms with E-state index in [0.717, 1.165) is 6.42 Å². The molecule has 4 N–H and O–H groups in total. The first kappa shape index (κ1) is 13.6. The summed E-state index contributed by atoms with van der Waals surface area (Å²) in [4.78, 5) is 19.3. The van der Waals surface area contributed by atoms with Gasteiger partial charge in [-0.25, -0.2) is 4.79 Å². The van der Waals surface area contributed by atoms with Crippen LogP contribution in [0.25, 0.3) is 0 Å². The predicted octanol–water partition coefficient (Wildman–Crippen LogP) is 0.748. The van der Waals surface area contributed by atoms with Gasteiger partial charge in [0.1, 0.15) is 5.78 Å². The molecule has 0 aromatic rings. The zero-order valence-corrected chi connectivity index (χ0v) is 8.94. The second kappa shape index (κ2) is 6.14. The molecule has 7 heteroatoms. The number of carboxylic acid groups (broad SMARTS) is 1. The SMILES string of the molecule is CCCCC(N)P(=O)(O)OCC(=O)O. The van der Waals surface area contributed by atoms with Crippen molar-refractivity contribution in [1.29, 1.82) is 0 Å². The van der Waals surface area contributed by atoms with Crippen LogP contribution in [-0.2, 0) is 13.9 Å². The molecule has 2 unspecified atom stereocenters. The molecular weight excluding hydrogens is 209 g/mol. The highest BCUT2D eigenvalue weighted by molar-refractivity contribution is 7.53. The standard InChI is InChI=1S/C7H16NO5P/c1-2-3-4-6(8)14(11,12)13-5-7(9)10/h6H,2-5,8H2,1H3,(H,9,10)(H,11,12). The first-order valence-corrected chi connectivity index (χ1v) is 5.99. The number of nitrogens with two attached hydrogens (primary N) is 1. The summed E-state index contributed by atoms with van der Waals surface area (Å²) in [5, 5.41) is 8.24. The monoisotopic (exact) mass is 225 g/mol. The molecule has 0 aromatic heterocycles. The van der Waals surface area contributed by atoms with Crippen LogP contribution in [0.4, 0.5) is 0 Å². The van der Waals surface area contributed by atoms with Crippen LogP contribution in [-0.4, -0.2) is 28.4 Å². The maximum atomic E-state index is 11.3. The number of hydrogen-bond acceptors (Lipinski definition) is 4. The van der Waals surface area contributed by atoms with Gasteiger partial charge >= 0.3 is 13.6 Å². The van der Waals surface area contributed by atoms with E-state index in [4.69, 9.17) is 10.8 Å². The van der Waals surface area contributed by atoms with Gasteiger partial charge in [-0.2, -0.15) is 0 Å². The molecule has 0 aliphatic carbocycles. The number of hydrogen-bond donors (Lipinski definition) is 3. The van der Waals surface area contributed by atoms with Crippen molar-refractivity contribution < 1.29 is 23.9 Å². The predicted molar refractivity (Wildman–Crippen MR) is 50.9 cm³/mol. The molecule has 0 aliphatic rings. The van der Waals surface area contributed by atoms with Gasteiger partial charge in [-0.15, -0.1) is 0 Å². The van der Waals surface area contributed by atoms with Crippen molar-refractivity contribution in [2.45, 2.75) is 32.0 Å². The lowest BCUT2D eigenvalue weighted by Gasteiger charge is -2.17. The molecule has 2 atom stereocenters. The summed E-state index contributed by atoms with van der Waals surface area (Å²) in [6.45, 7) is 1.13. The third-order valence-corrected chi connectivity index (χ3v) is 3.24. The van der Waals surface area contributed by atoms with Crippen molar-refractivity contribution in [3.8, 4) is 0 Å². The van der Waals surface area contributed by atoms with Gasteiger partial charge in [0, 0.05) is 0 Å². The summed E-state index contributed by atoms with van der Waals surface area (Å²) in [6, 6.07) is 0. The maximum Gasteiger partial charge on any atom is 0.345 e. The summed E-state index contributed by atoms with van der Waals surface area (Å²) < 4.78 is 15.6. The number of carboxylic acids is 1. The summed E-state index contributed by atoms with van der Waals surface area (Å²) in [6.07, 6.45) is 1.92. The number of carbonyl (C=O) groups is 1. The summed E-state index contributed by atoms with van der Waals surface area (Å²) in [5.41, 5.74) is 5.39. The Morgan fingerprint density at radius 2 is 2.21 bits per heavy atom. The van der Waals surface area contributed by atoms with E-state index in [9.17, 15) is 14.3 Å². The molecule has 0 fully saturated rings. The van der Waals surface area contributed by atoms with E-state index in [1.54, 1.807) is 0 Å². The van der Waals surface area contributed by atoms with Crippen LogP contribution in [0.3, 0.4) is 0 Å². The minimum absolute atomic E-state index is 0.351. The van der Waals surface area contributed by atoms with E-state index >= 15 is 0 Å². The molecule has 0 saturated heterocycles. The largest absolute Gasteiger partial charge is 0.480 e. The molecule has 0 aromatic carbocycles. The molecule has 0 bridgehead atoms. The lowest BCUT2D eigenvalue weighted by molar-refractivity contribution is -0.139. The number of rotatable bonds is 7. The van der Waals surface area contributed by atoms with Gasteiger partial charge in [-0.1, -0.05) is 19.8 Å². The van der Waals surface area contributed by atoms with Crippen molar-refractivity contribution in [2.75, 3.05) is 6.61 Å². The molecule has 0 radical (unpaired) electrons. The molecule has 0 saturated carbocycles. The first-order valence-electron chi connectivity index (χ1n) is 4.34. The van der Waals surface area contributed by atoms with Crippen molar-refractivity contribution >= 4 is 13.6 Å².